The second kappa shape index (κ2) is 7.00. The smallest absolute Gasteiger partial charge is 0.229 e. The Balaban J connectivity index is 1.87. The van der Waals surface area contributed by atoms with Crippen LogP contribution in [-0.4, -0.2) is 53.4 Å². The largest absolute Gasteiger partial charge is 0.340 e. The average molecular weight is 290 g/mol. The average Bonchev–Trinajstić information content (AvgIpc) is 2.55. The van der Waals surface area contributed by atoms with Crippen LogP contribution in [-0.2, 0) is 11.3 Å². The maximum atomic E-state index is 12.6. The molecule has 1 fully saturated rings. The summed E-state index contributed by atoms with van der Waals surface area (Å²) in [5, 5.41) is 0. The molecule has 0 bridgehead atoms. The molecule has 0 aromatic carbocycles. The number of hydrogen-bond acceptors (Lipinski definition) is 4. The standard InChI is InChI=1S/C16H26N4O/c1-3-16(2,13-17)15(21)20-10-8-19(9-11-20)12-14-6-4-5-7-18-14/h4-7H,3,8-13,17H2,1-2H3. The fourth-order valence-electron chi connectivity index (χ4n) is 2.59. The van der Waals surface area contributed by atoms with Crippen LogP contribution in [0.1, 0.15) is 26.0 Å². The van der Waals surface area contributed by atoms with E-state index in [1.807, 2.05) is 43.1 Å². The Morgan fingerprint density at radius 1 is 1.33 bits per heavy atom. The summed E-state index contributed by atoms with van der Waals surface area (Å²) in [6.45, 7) is 8.61. The molecular weight excluding hydrogens is 264 g/mol. The summed E-state index contributed by atoms with van der Waals surface area (Å²) in [6, 6.07) is 5.98. The van der Waals surface area contributed by atoms with Crippen molar-refractivity contribution >= 4 is 5.91 Å². The van der Waals surface area contributed by atoms with E-state index in [0.717, 1.165) is 44.8 Å². The zero-order chi connectivity index (χ0) is 15.3. The molecule has 0 saturated carbocycles. The minimum absolute atomic E-state index is 0.199. The van der Waals surface area contributed by atoms with E-state index in [-0.39, 0.29) is 5.91 Å². The molecule has 1 aromatic rings. The number of piperazine rings is 1. The Bertz CT molecular complexity index is 451. The molecular formula is C16H26N4O. The van der Waals surface area contributed by atoms with Crippen molar-refractivity contribution in [2.75, 3.05) is 32.7 Å². The number of hydrogen-bond donors (Lipinski definition) is 1. The van der Waals surface area contributed by atoms with Gasteiger partial charge in [0.2, 0.25) is 5.91 Å². The number of amides is 1. The second-order valence-corrected chi connectivity index (χ2v) is 6.01. The van der Waals surface area contributed by atoms with Gasteiger partial charge in [0, 0.05) is 45.5 Å². The SMILES string of the molecule is CCC(C)(CN)C(=O)N1CCN(Cc2ccccn2)CC1. The van der Waals surface area contributed by atoms with Crippen LogP contribution in [0.3, 0.4) is 0 Å². The lowest BCUT2D eigenvalue weighted by atomic mass is 9.86. The molecule has 1 aromatic heterocycles. The molecule has 0 radical (unpaired) electrons. The van der Waals surface area contributed by atoms with Gasteiger partial charge in [-0.2, -0.15) is 0 Å². The van der Waals surface area contributed by atoms with Crippen LogP contribution >= 0.6 is 0 Å². The molecule has 2 rings (SSSR count). The quantitative estimate of drug-likeness (QED) is 0.882. The maximum Gasteiger partial charge on any atom is 0.229 e. The van der Waals surface area contributed by atoms with E-state index in [4.69, 9.17) is 5.73 Å². The maximum absolute atomic E-state index is 12.6. The van der Waals surface area contributed by atoms with E-state index in [9.17, 15) is 4.79 Å². The Hall–Kier alpha value is -1.46. The number of carbonyl (C=O) groups is 1. The van der Waals surface area contributed by atoms with Crippen LogP contribution in [0, 0.1) is 5.41 Å². The summed E-state index contributed by atoms with van der Waals surface area (Å²) in [6.07, 6.45) is 2.61. The number of rotatable bonds is 5. The molecule has 116 valence electrons. The highest BCUT2D eigenvalue weighted by Crippen LogP contribution is 2.23. The van der Waals surface area contributed by atoms with Crippen molar-refractivity contribution in [3.05, 3.63) is 30.1 Å². The first kappa shape index (κ1) is 15.9. The number of pyridine rings is 1. The van der Waals surface area contributed by atoms with E-state index in [0.29, 0.717) is 6.54 Å². The highest BCUT2D eigenvalue weighted by molar-refractivity contribution is 5.82. The zero-order valence-corrected chi connectivity index (χ0v) is 13.1. The van der Waals surface area contributed by atoms with Gasteiger partial charge in [0.05, 0.1) is 11.1 Å². The van der Waals surface area contributed by atoms with E-state index in [1.54, 1.807) is 0 Å². The van der Waals surface area contributed by atoms with Gasteiger partial charge in [-0.1, -0.05) is 13.0 Å². The lowest BCUT2D eigenvalue weighted by Gasteiger charge is -2.39. The molecule has 1 atom stereocenters. The van der Waals surface area contributed by atoms with Crippen LogP contribution in [0.25, 0.3) is 0 Å². The zero-order valence-electron chi connectivity index (χ0n) is 13.1. The Kier molecular flexibility index (Phi) is 5.31. The molecule has 1 saturated heterocycles. The third-order valence-corrected chi connectivity index (χ3v) is 4.52. The van der Waals surface area contributed by atoms with Gasteiger partial charge < -0.3 is 10.6 Å². The number of nitrogens with two attached hydrogens (primary N) is 1. The van der Waals surface area contributed by atoms with Crippen molar-refractivity contribution in [3.8, 4) is 0 Å². The molecule has 5 heteroatoms. The first-order chi connectivity index (χ1) is 10.1. The van der Waals surface area contributed by atoms with Gasteiger partial charge in [-0.3, -0.25) is 14.7 Å². The van der Waals surface area contributed by atoms with Gasteiger partial charge in [-0.25, -0.2) is 0 Å². The Labute approximate surface area is 127 Å². The molecule has 21 heavy (non-hydrogen) atoms. The molecule has 1 aliphatic heterocycles. The summed E-state index contributed by atoms with van der Waals surface area (Å²) >= 11 is 0. The topological polar surface area (TPSA) is 62.5 Å². The van der Waals surface area contributed by atoms with Crippen LogP contribution in [0.5, 0.6) is 0 Å². The monoisotopic (exact) mass is 290 g/mol. The first-order valence-electron chi connectivity index (χ1n) is 7.71. The molecule has 1 unspecified atom stereocenters. The predicted octanol–water partition coefficient (Wildman–Crippen LogP) is 1.10. The van der Waals surface area contributed by atoms with Crippen LogP contribution in [0.15, 0.2) is 24.4 Å². The molecule has 1 amide bonds. The van der Waals surface area contributed by atoms with Gasteiger partial charge in [0.25, 0.3) is 0 Å². The van der Waals surface area contributed by atoms with Crippen molar-refractivity contribution in [2.45, 2.75) is 26.8 Å². The second-order valence-electron chi connectivity index (χ2n) is 6.01. The summed E-state index contributed by atoms with van der Waals surface area (Å²) in [7, 11) is 0. The highest BCUT2D eigenvalue weighted by Gasteiger charge is 2.35. The summed E-state index contributed by atoms with van der Waals surface area (Å²) in [4.78, 5) is 21.2. The molecule has 2 heterocycles. The van der Waals surface area contributed by atoms with Gasteiger partial charge in [-0.05, 0) is 25.5 Å². The molecule has 0 aliphatic carbocycles. The van der Waals surface area contributed by atoms with Gasteiger partial charge in [0.1, 0.15) is 0 Å². The van der Waals surface area contributed by atoms with Crippen LogP contribution in [0.4, 0.5) is 0 Å². The van der Waals surface area contributed by atoms with Crippen molar-refractivity contribution < 1.29 is 4.79 Å². The lowest BCUT2D eigenvalue weighted by Crippen LogP contribution is -2.53. The summed E-state index contributed by atoms with van der Waals surface area (Å²) in [5.74, 6) is 0.199. The van der Waals surface area contributed by atoms with Gasteiger partial charge >= 0.3 is 0 Å². The summed E-state index contributed by atoms with van der Waals surface area (Å²) < 4.78 is 0. The molecule has 5 nitrogen and oxygen atoms in total. The predicted molar refractivity (Wildman–Crippen MR) is 83.5 cm³/mol. The van der Waals surface area contributed by atoms with Crippen LogP contribution < -0.4 is 5.73 Å². The van der Waals surface area contributed by atoms with E-state index < -0.39 is 5.41 Å². The third kappa shape index (κ3) is 3.80. The van der Waals surface area contributed by atoms with Crippen LogP contribution in [0.2, 0.25) is 0 Å². The highest BCUT2D eigenvalue weighted by atomic mass is 16.2. The van der Waals surface area contributed by atoms with Crippen molar-refractivity contribution in [3.63, 3.8) is 0 Å². The fourth-order valence-corrected chi connectivity index (χ4v) is 2.59. The van der Waals surface area contributed by atoms with Gasteiger partial charge in [-0.15, -0.1) is 0 Å². The fraction of sp³-hybridized carbons (Fsp3) is 0.625. The van der Waals surface area contributed by atoms with E-state index in [2.05, 4.69) is 9.88 Å². The van der Waals surface area contributed by atoms with Crippen molar-refractivity contribution in [1.29, 1.82) is 0 Å². The Morgan fingerprint density at radius 2 is 2.05 bits per heavy atom. The number of carbonyl (C=O) groups excluding carboxylic acids is 1. The number of aromatic nitrogens is 1. The van der Waals surface area contributed by atoms with Crippen molar-refractivity contribution in [2.24, 2.45) is 11.1 Å². The minimum Gasteiger partial charge on any atom is -0.340 e. The first-order valence-corrected chi connectivity index (χ1v) is 7.71. The minimum atomic E-state index is -0.414. The van der Waals surface area contributed by atoms with E-state index in [1.165, 1.54) is 0 Å². The molecule has 2 N–H and O–H groups in total. The molecule has 0 spiro atoms. The summed E-state index contributed by atoms with van der Waals surface area (Å²) in [5.41, 5.74) is 6.46. The Morgan fingerprint density at radius 3 is 2.57 bits per heavy atom. The van der Waals surface area contributed by atoms with Crippen molar-refractivity contribution in [1.82, 2.24) is 14.8 Å². The van der Waals surface area contributed by atoms with E-state index >= 15 is 0 Å². The molecule has 1 aliphatic rings. The third-order valence-electron chi connectivity index (χ3n) is 4.52. The normalized spacial score (nSPS) is 19.3. The lowest BCUT2D eigenvalue weighted by molar-refractivity contribution is -0.142. The van der Waals surface area contributed by atoms with Gasteiger partial charge in [0.15, 0.2) is 0 Å². The number of nitrogens with zero attached hydrogens (tertiary/aromatic N) is 3.